The maximum absolute atomic E-state index is 13.3. The lowest BCUT2D eigenvalue weighted by molar-refractivity contribution is -0.137. The third-order valence-electron chi connectivity index (χ3n) is 6.91. The molecule has 2 heterocycles. The normalized spacial score (nSPS) is 19.1. The van der Waals surface area contributed by atoms with E-state index in [9.17, 15) is 18.0 Å². The quantitative estimate of drug-likeness (QED) is 0.425. The van der Waals surface area contributed by atoms with Crippen LogP contribution >= 0.6 is 0 Å². The smallest absolute Gasteiger partial charge is 0.416 e. The van der Waals surface area contributed by atoms with E-state index in [0.29, 0.717) is 35.6 Å². The Hall–Kier alpha value is -3.20. The average Bonchev–Trinajstić information content (AvgIpc) is 2.90. The number of fused-ring (bicyclic) bond motifs is 1. The lowest BCUT2D eigenvalue weighted by atomic mass is 9.75. The summed E-state index contributed by atoms with van der Waals surface area (Å²) in [6.07, 6.45) is 2.01. The maximum atomic E-state index is 13.3. The molecule has 6 nitrogen and oxygen atoms in total. The van der Waals surface area contributed by atoms with Crippen molar-refractivity contribution >= 4 is 16.8 Å². The van der Waals surface area contributed by atoms with Crippen LogP contribution in [0.4, 0.5) is 13.2 Å². The van der Waals surface area contributed by atoms with E-state index in [1.165, 1.54) is 25.4 Å². The summed E-state index contributed by atoms with van der Waals surface area (Å²) in [6, 6.07) is 8.70. The number of hydrogen-bond acceptors (Lipinski definition) is 5. The number of hydrogen-bond donors (Lipinski definition) is 1. The Morgan fingerprint density at radius 1 is 1.11 bits per heavy atom. The van der Waals surface area contributed by atoms with Gasteiger partial charge in [0.25, 0.3) is 5.91 Å². The van der Waals surface area contributed by atoms with Crippen molar-refractivity contribution in [3.8, 4) is 5.88 Å². The first kappa shape index (κ1) is 25.9. The number of carbonyl (C=O) groups is 1. The molecule has 2 aromatic heterocycles. The minimum absolute atomic E-state index is 0.129. The molecule has 1 atom stereocenters. The number of pyridine rings is 2. The Labute approximate surface area is 208 Å². The van der Waals surface area contributed by atoms with Gasteiger partial charge in [-0.2, -0.15) is 13.2 Å². The first-order valence-corrected chi connectivity index (χ1v) is 12.1. The number of amides is 1. The molecule has 1 saturated carbocycles. The third-order valence-corrected chi connectivity index (χ3v) is 6.91. The number of carbonyl (C=O) groups excluding carboxylic acids is 1. The van der Waals surface area contributed by atoms with Gasteiger partial charge in [-0.15, -0.1) is 0 Å². The molecule has 3 aromatic rings. The minimum Gasteiger partial charge on any atom is -0.481 e. The molecular formula is C27H30F3N3O3. The lowest BCUT2D eigenvalue weighted by Gasteiger charge is -2.34. The second kappa shape index (κ2) is 11.2. The number of benzene rings is 1. The Morgan fingerprint density at radius 3 is 2.53 bits per heavy atom. The van der Waals surface area contributed by atoms with E-state index in [1.54, 1.807) is 18.3 Å². The molecule has 192 valence electrons. The van der Waals surface area contributed by atoms with Crippen molar-refractivity contribution in [3.05, 3.63) is 65.5 Å². The van der Waals surface area contributed by atoms with Gasteiger partial charge in [0.05, 0.1) is 36.4 Å². The van der Waals surface area contributed by atoms with Crippen molar-refractivity contribution in [2.45, 2.75) is 50.7 Å². The minimum atomic E-state index is -4.40. The van der Waals surface area contributed by atoms with Crippen LogP contribution in [0.3, 0.4) is 0 Å². The monoisotopic (exact) mass is 501 g/mol. The standard InChI is InChI=1S/C27H30F3N3O3/c1-3-36-16-24(33-26(34)19-8-11-25(35-2)32-15-19)18-6-4-17(5-7-18)21-12-13-31-23-10-9-20(14-22(21)23)27(28,29)30/h8-15,17-18,24H,3-7,16H2,1-2H3,(H,33,34)/t17-,18+,24-/m0/s1. The predicted octanol–water partition coefficient (Wildman–Crippen LogP) is 5.77. The molecule has 0 saturated heterocycles. The molecule has 1 amide bonds. The number of aromatic nitrogens is 2. The molecule has 1 aliphatic carbocycles. The highest BCUT2D eigenvalue weighted by atomic mass is 19.4. The number of ether oxygens (including phenoxy) is 2. The Balaban J connectivity index is 1.47. The van der Waals surface area contributed by atoms with E-state index in [-0.39, 0.29) is 23.8 Å². The van der Waals surface area contributed by atoms with Crippen LogP contribution in [0.2, 0.25) is 0 Å². The van der Waals surface area contributed by atoms with Crippen LogP contribution in [0.5, 0.6) is 5.88 Å². The van der Waals surface area contributed by atoms with Gasteiger partial charge in [0.15, 0.2) is 0 Å². The second-order valence-electron chi connectivity index (χ2n) is 9.07. The third kappa shape index (κ3) is 5.95. The maximum Gasteiger partial charge on any atom is 0.416 e. The zero-order valence-electron chi connectivity index (χ0n) is 20.3. The molecule has 4 rings (SSSR count). The van der Waals surface area contributed by atoms with Gasteiger partial charge < -0.3 is 14.8 Å². The van der Waals surface area contributed by atoms with E-state index in [1.807, 2.05) is 13.0 Å². The van der Waals surface area contributed by atoms with Crippen LogP contribution in [0, 0.1) is 5.92 Å². The number of methoxy groups -OCH3 is 1. The van der Waals surface area contributed by atoms with Crippen molar-refractivity contribution in [2.75, 3.05) is 20.3 Å². The van der Waals surface area contributed by atoms with Crippen molar-refractivity contribution in [2.24, 2.45) is 5.92 Å². The summed E-state index contributed by atoms with van der Waals surface area (Å²) in [5.41, 5.74) is 1.25. The number of nitrogens with one attached hydrogen (secondary N) is 1. The fourth-order valence-electron chi connectivity index (χ4n) is 4.96. The molecule has 36 heavy (non-hydrogen) atoms. The number of halogens is 3. The second-order valence-corrected chi connectivity index (χ2v) is 9.07. The van der Waals surface area contributed by atoms with Gasteiger partial charge in [-0.25, -0.2) is 4.98 Å². The predicted molar refractivity (Wildman–Crippen MR) is 130 cm³/mol. The molecule has 1 fully saturated rings. The van der Waals surface area contributed by atoms with Gasteiger partial charge in [-0.05, 0) is 80.3 Å². The largest absolute Gasteiger partial charge is 0.481 e. The lowest BCUT2D eigenvalue weighted by Crippen LogP contribution is -2.44. The molecule has 0 spiro atoms. The first-order valence-electron chi connectivity index (χ1n) is 12.1. The van der Waals surface area contributed by atoms with Crippen LogP contribution in [-0.4, -0.2) is 42.2 Å². The van der Waals surface area contributed by atoms with Gasteiger partial charge >= 0.3 is 6.18 Å². The van der Waals surface area contributed by atoms with Gasteiger partial charge in [0.1, 0.15) is 0 Å². The first-order chi connectivity index (χ1) is 17.3. The Kier molecular flexibility index (Phi) is 8.08. The van der Waals surface area contributed by atoms with Gasteiger partial charge in [0, 0.05) is 30.5 Å². The van der Waals surface area contributed by atoms with E-state index in [2.05, 4.69) is 15.3 Å². The summed E-state index contributed by atoms with van der Waals surface area (Å²) in [5, 5.41) is 3.66. The summed E-state index contributed by atoms with van der Waals surface area (Å²) in [5.74, 6) is 0.532. The van der Waals surface area contributed by atoms with Crippen LogP contribution in [0.1, 0.15) is 60.0 Å². The van der Waals surface area contributed by atoms with Crippen molar-refractivity contribution < 1.29 is 27.4 Å². The average molecular weight is 502 g/mol. The highest BCUT2D eigenvalue weighted by molar-refractivity contribution is 5.94. The van der Waals surface area contributed by atoms with Crippen molar-refractivity contribution in [1.29, 1.82) is 0 Å². The van der Waals surface area contributed by atoms with E-state index < -0.39 is 11.7 Å². The molecule has 1 aromatic carbocycles. The summed E-state index contributed by atoms with van der Waals surface area (Å²) < 4.78 is 50.7. The van der Waals surface area contributed by atoms with E-state index >= 15 is 0 Å². The molecule has 0 aliphatic heterocycles. The summed E-state index contributed by atoms with van der Waals surface area (Å²) in [7, 11) is 1.51. The Morgan fingerprint density at radius 2 is 1.89 bits per heavy atom. The van der Waals surface area contributed by atoms with Crippen LogP contribution in [0.15, 0.2) is 48.8 Å². The van der Waals surface area contributed by atoms with Crippen LogP contribution in [-0.2, 0) is 10.9 Å². The summed E-state index contributed by atoms with van der Waals surface area (Å²) in [4.78, 5) is 21.2. The number of rotatable bonds is 8. The van der Waals surface area contributed by atoms with Crippen LogP contribution < -0.4 is 10.1 Å². The SMILES string of the molecule is CCOC[C@H](NC(=O)c1ccc(OC)nc1)[C@H]1CC[C@@H](c2ccnc3ccc(C(F)(F)F)cc32)CC1. The fourth-order valence-corrected chi connectivity index (χ4v) is 4.96. The van der Waals surface area contributed by atoms with E-state index in [0.717, 1.165) is 37.3 Å². The zero-order valence-corrected chi connectivity index (χ0v) is 20.3. The molecular weight excluding hydrogens is 471 g/mol. The molecule has 1 N–H and O–H groups in total. The highest BCUT2D eigenvalue weighted by Crippen LogP contribution is 2.40. The molecule has 9 heteroatoms. The summed E-state index contributed by atoms with van der Waals surface area (Å²) >= 11 is 0. The number of nitrogens with zero attached hydrogens (tertiary/aromatic N) is 2. The van der Waals surface area contributed by atoms with Gasteiger partial charge in [-0.1, -0.05) is 0 Å². The zero-order chi connectivity index (χ0) is 25.7. The van der Waals surface area contributed by atoms with Gasteiger partial charge in [-0.3, -0.25) is 9.78 Å². The highest BCUT2D eigenvalue weighted by Gasteiger charge is 2.33. The Bertz CT molecular complexity index is 1180. The topological polar surface area (TPSA) is 73.3 Å². The molecule has 1 aliphatic rings. The van der Waals surface area contributed by atoms with Crippen LogP contribution in [0.25, 0.3) is 10.9 Å². The van der Waals surface area contributed by atoms with Crippen molar-refractivity contribution in [3.63, 3.8) is 0 Å². The molecule has 0 bridgehead atoms. The molecule has 0 radical (unpaired) electrons. The van der Waals surface area contributed by atoms with Crippen molar-refractivity contribution in [1.82, 2.24) is 15.3 Å². The van der Waals surface area contributed by atoms with E-state index in [4.69, 9.17) is 9.47 Å². The van der Waals surface area contributed by atoms with Gasteiger partial charge in [0.2, 0.25) is 5.88 Å². The fraction of sp³-hybridized carbons (Fsp3) is 0.444. The number of alkyl halides is 3. The molecule has 0 unspecified atom stereocenters. The summed E-state index contributed by atoms with van der Waals surface area (Å²) in [6.45, 7) is 2.84.